The Balaban J connectivity index is 0.00000169. The number of halogens is 1. The fourth-order valence-corrected chi connectivity index (χ4v) is 6.45. The van der Waals surface area contributed by atoms with Gasteiger partial charge in [0.1, 0.15) is 0 Å². The second-order valence-corrected chi connectivity index (χ2v) is 8.93. The summed E-state index contributed by atoms with van der Waals surface area (Å²) in [7, 11) is 0. The summed E-state index contributed by atoms with van der Waals surface area (Å²) in [4.78, 5) is 12.4. The Morgan fingerprint density at radius 1 is 1.08 bits per heavy atom. The fraction of sp³-hybridized carbons (Fsp3) is 0.947. The van der Waals surface area contributed by atoms with E-state index < -0.39 is 0 Å². The average molecular weight is 357 g/mol. The van der Waals surface area contributed by atoms with E-state index in [0.29, 0.717) is 11.3 Å². The van der Waals surface area contributed by atoms with Crippen LogP contribution in [-0.4, -0.2) is 31.7 Å². The van der Waals surface area contributed by atoms with Crippen LogP contribution in [0.2, 0.25) is 0 Å². The van der Waals surface area contributed by atoms with E-state index in [1.807, 2.05) is 0 Å². The van der Waals surface area contributed by atoms with E-state index in [2.05, 4.69) is 5.32 Å². The van der Waals surface area contributed by atoms with E-state index in [0.717, 1.165) is 50.4 Å². The van der Waals surface area contributed by atoms with Crippen molar-refractivity contribution in [3.63, 3.8) is 0 Å². The SMILES string of the molecule is Cl.NC(C(=O)NCCC12CC3CC(CC(C3)C1)C2)C1CCOCC1. The van der Waals surface area contributed by atoms with Crippen LogP contribution in [0.1, 0.15) is 57.8 Å². The van der Waals surface area contributed by atoms with Gasteiger partial charge in [0.05, 0.1) is 6.04 Å². The highest BCUT2D eigenvalue weighted by Gasteiger charge is 2.50. The quantitative estimate of drug-likeness (QED) is 0.796. The molecule has 5 heteroatoms. The summed E-state index contributed by atoms with van der Waals surface area (Å²) < 4.78 is 5.36. The maximum absolute atomic E-state index is 12.4. The highest BCUT2D eigenvalue weighted by Crippen LogP contribution is 2.61. The zero-order valence-electron chi connectivity index (χ0n) is 14.7. The molecule has 1 unspecified atom stereocenters. The lowest BCUT2D eigenvalue weighted by Gasteiger charge is -2.57. The first-order valence-corrected chi connectivity index (χ1v) is 9.75. The Kier molecular flexibility index (Phi) is 5.78. The van der Waals surface area contributed by atoms with Crippen LogP contribution in [0.25, 0.3) is 0 Å². The Labute approximate surface area is 152 Å². The molecule has 1 saturated heterocycles. The molecule has 0 radical (unpaired) electrons. The van der Waals surface area contributed by atoms with Crippen molar-refractivity contribution in [2.75, 3.05) is 19.8 Å². The largest absolute Gasteiger partial charge is 0.381 e. The molecule has 1 atom stereocenters. The summed E-state index contributed by atoms with van der Waals surface area (Å²) in [6.45, 7) is 2.32. The van der Waals surface area contributed by atoms with Crippen LogP contribution in [0.3, 0.4) is 0 Å². The molecule has 0 spiro atoms. The second-order valence-electron chi connectivity index (χ2n) is 8.93. The topological polar surface area (TPSA) is 64.4 Å². The molecule has 1 amide bonds. The number of hydrogen-bond acceptors (Lipinski definition) is 3. The van der Waals surface area contributed by atoms with E-state index in [1.54, 1.807) is 0 Å². The van der Waals surface area contributed by atoms with Gasteiger partial charge < -0.3 is 15.8 Å². The minimum atomic E-state index is -0.352. The summed E-state index contributed by atoms with van der Waals surface area (Å²) in [6, 6.07) is -0.352. The number of carbonyl (C=O) groups is 1. The predicted octanol–water partition coefficient (Wildman–Crippen LogP) is 2.88. The van der Waals surface area contributed by atoms with Crippen LogP contribution >= 0.6 is 12.4 Å². The number of rotatable bonds is 5. The lowest BCUT2D eigenvalue weighted by Crippen LogP contribution is -2.50. The third-order valence-electron chi connectivity index (χ3n) is 7.20. The Hall–Kier alpha value is -0.320. The Morgan fingerprint density at radius 2 is 1.62 bits per heavy atom. The van der Waals surface area contributed by atoms with E-state index in [-0.39, 0.29) is 24.4 Å². The molecule has 0 aromatic rings. The van der Waals surface area contributed by atoms with Gasteiger partial charge in [0, 0.05) is 19.8 Å². The molecule has 5 aliphatic rings. The van der Waals surface area contributed by atoms with Gasteiger partial charge in [-0.3, -0.25) is 4.79 Å². The van der Waals surface area contributed by atoms with Crippen molar-refractivity contribution in [3.8, 4) is 0 Å². The van der Waals surface area contributed by atoms with Gasteiger partial charge in [-0.1, -0.05) is 0 Å². The van der Waals surface area contributed by atoms with Gasteiger partial charge in [-0.25, -0.2) is 0 Å². The highest BCUT2D eigenvalue weighted by molar-refractivity contribution is 5.85. The minimum Gasteiger partial charge on any atom is -0.381 e. The summed E-state index contributed by atoms with van der Waals surface area (Å²) in [5.74, 6) is 3.31. The highest BCUT2D eigenvalue weighted by atomic mass is 35.5. The molecule has 4 aliphatic carbocycles. The lowest BCUT2D eigenvalue weighted by atomic mass is 9.49. The van der Waals surface area contributed by atoms with Gasteiger partial charge in [-0.2, -0.15) is 0 Å². The molecule has 24 heavy (non-hydrogen) atoms. The molecule has 4 saturated carbocycles. The second kappa shape index (κ2) is 7.51. The first-order valence-electron chi connectivity index (χ1n) is 9.75. The monoisotopic (exact) mass is 356 g/mol. The number of ether oxygens (including phenoxy) is 1. The number of nitrogens with one attached hydrogen (secondary N) is 1. The van der Waals surface area contributed by atoms with Gasteiger partial charge >= 0.3 is 0 Å². The number of carbonyl (C=O) groups excluding carboxylic acids is 1. The van der Waals surface area contributed by atoms with Gasteiger partial charge in [-0.05, 0) is 86.9 Å². The molecule has 0 aromatic carbocycles. The third kappa shape index (κ3) is 3.76. The predicted molar refractivity (Wildman–Crippen MR) is 97.0 cm³/mol. The van der Waals surface area contributed by atoms with Crippen LogP contribution in [0.5, 0.6) is 0 Å². The molecular formula is C19H33ClN2O2. The summed E-state index contributed by atoms with van der Waals surface area (Å²) in [5.41, 5.74) is 6.72. The van der Waals surface area contributed by atoms with Crippen molar-refractivity contribution >= 4 is 18.3 Å². The zero-order valence-corrected chi connectivity index (χ0v) is 15.5. The van der Waals surface area contributed by atoms with E-state index in [9.17, 15) is 4.79 Å². The molecule has 1 heterocycles. The van der Waals surface area contributed by atoms with E-state index in [4.69, 9.17) is 10.5 Å². The average Bonchev–Trinajstić information content (AvgIpc) is 2.53. The maximum atomic E-state index is 12.4. The van der Waals surface area contributed by atoms with Crippen molar-refractivity contribution in [2.45, 2.75) is 63.8 Å². The third-order valence-corrected chi connectivity index (χ3v) is 7.20. The van der Waals surface area contributed by atoms with Crippen molar-refractivity contribution in [2.24, 2.45) is 34.8 Å². The number of nitrogens with two attached hydrogens (primary N) is 1. The first-order chi connectivity index (χ1) is 11.1. The van der Waals surface area contributed by atoms with Crippen molar-refractivity contribution in [1.82, 2.24) is 5.32 Å². The molecule has 3 N–H and O–H groups in total. The van der Waals surface area contributed by atoms with Crippen LogP contribution < -0.4 is 11.1 Å². The molecule has 5 rings (SSSR count). The normalized spacial score (nSPS) is 39.3. The minimum absolute atomic E-state index is 0. The Morgan fingerprint density at radius 3 is 2.17 bits per heavy atom. The van der Waals surface area contributed by atoms with Gasteiger partial charge in [0.2, 0.25) is 5.91 Å². The number of hydrogen-bond donors (Lipinski definition) is 2. The maximum Gasteiger partial charge on any atom is 0.237 e. The molecular weight excluding hydrogens is 324 g/mol. The first kappa shape index (κ1) is 18.5. The summed E-state index contributed by atoms with van der Waals surface area (Å²) >= 11 is 0. The fourth-order valence-electron chi connectivity index (χ4n) is 6.45. The van der Waals surface area contributed by atoms with Gasteiger partial charge in [-0.15, -0.1) is 12.4 Å². The molecule has 4 nitrogen and oxygen atoms in total. The van der Waals surface area contributed by atoms with Crippen LogP contribution in [0, 0.1) is 29.1 Å². The summed E-state index contributed by atoms with van der Waals surface area (Å²) in [6.07, 6.45) is 11.7. The smallest absolute Gasteiger partial charge is 0.237 e. The molecule has 1 aliphatic heterocycles. The van der Waals surface area contributed by atoms with Crippen LogP contribution in [0.4, 0.5) is 0 Å². The molecule has 0 aromatic heterocycles. The van der Waals surface area contributed by atoms with Gasteiger partial charge in [0.25, 0.3) is 0 Å². The molecule has 4 bridgehead atoms. The van der Waals surface area contributed by atoms with Gasteiger partial charge in [0.15, 0.2) is 0 Å². The van der Waals surface area contributed by atoms with E-state index >= 15 is 0 Å². The molecule has 138 valence electrons. The molecule has 5 fully saturated rings. The summed E-state index contributed by atoms with van der Waals surface area (Å²) in [5, 5.41) is 3.15. The lowest BCUT2D eigenvalue weighted by molar-refractivity contribution is -0.124. The van der Waals surface area contributed by atoms with Crippen LogP contribution in [0.15, 0.2) is 0 Å². The van der Waals surface area contributed by atoms with Crippen molar-refractivity contribution in [1.29, 1.82) is 0 Å². The van der Waals surface area contributed by atoms with Crippen LogP contribution in [-0.2, 0) is 9.53 Å². The standard InChI is InChI=1S/C19H32N2O2.ClH/c20-17(16-1-5-23-6-2-16)18(22)21-4-3-19-10-13-7-14(11-19)9-15(8-13)12-19;/h13-17H,1-12,20H2,(H,21,22);1H. The van der Waals surface area contributed by atoms with Crippen molar-refractivity contribution in [3.05, 3.63) is 0 Å². The Bertz CT molecular complexity index is 415. The van der Waals surface area contributed by atoms with Crippen molar-refractivity contribution < 1.29 is 9.53 Å². The zero-order chi connectivity index (χ0) is 15.9. The van der Waals surface area contributed by atoms with E-state index in [1.165, 1.54) is 44.9 Å². The number of amides is 1.